The van der Waals surface area contributed by atoms with Crippen LogP contribution in [-0.4, -0.2) is 33.9 Å². The van der Waals surface area contributed by atoms with Crippen molar-refractivity contribution < 1.29 is 4.79 Å². The molecule has 2 aliphatic rings. The number of amides is 1. The van der Waals surface area contributed by atoms with Gasteiger partial charge < -0.3 is 9.88 Å². The van der Waals surface area contributed by atoms with Crippen molar-refractivity contribution in [2.75, 3.05) is 13.1 Å². The number of aromatic nitrogens is 2. The van der Waals surface area contributed by atoms with E-state index in [2.05, 4.69) is 40.3 Å². The topological polar surface area (TPSA) is 49.0 Å². The predicted octanol–water partition coefficient (Wildman–Crippen LogP) is 4.12. The fourth-order valence-electron chi connectivity index (χ4n) is 5.02. The lowest BCUT2D eigenvalue weighted by molar-refractivity contribution is 0.0659. The van der Waals surface area contributed by atoms with Crippen molar-refractivity contribution in [1.29, 1.82) is 0 Å². The number of nitrogens with zero attached hydrogens (tertiary/aromatic N) is 2. The maximum Gasteiger partial charge on any atom is 0.270 e. The molecule has 3 heterocycles. The number of carbonyl (C=O) groups excluding carboxylic acids is 1. The molecule has 5 rings (SSSR count). The van der Waals surface area contributed by atoms with Crippen LogP contribution in [-0.2, 0) is 5.41 Å². The number of hydrogen-bond acceptors (Lipinski definition) is 2. The molecular formula is C23H23N3O. The van der Waals surface area contributed by atoms with Crippen molar-refractivity contribution in [1.82, 2.24) is 14.9 Å². The Labute approximate surface area is 159 Å². The van der Waals surface area contributed by atoms with Gasteiger partial charge in [0, 0.05) is 37.6 Å². The average molecular weight is 357 g/mol. The summed E-state index contributed by atoms with van der Waals surface area (Å²) in [5.74, 6) is 0.519. The lowest BCUT2D eigenvalue weighted by atomic mass is 9.73. The summed E-state index contributed by atoms with van der Waals surface area (Å²) >= 11 is 0. The third-order valence-corrected chi connectivity index (χ3v) is 6.43. The van der Waals surface area contributed by atoms with E-state index in [1.165, 1.54) is 16.7 Å². The normalized spacial score (nSPS) is 20.6. The van der Waals surface area contributed by atoms with Crippen LogP contribution in [0.25, 0.3) is 0 Å². The first-order chi connectivity index (χ1) is 13.3. The van der Waals surface area contributed by atoms with Crippen LogP contribution in [0.2, 0.25) is 0 Å². The van der Waals surface area contributed by atoms with E-state index in [1.54, 1.807) is 0 Å². The van der Waals surface area contributed by atoms with Crippen molar-refractivity contribution >= 4 is 5.91 Å². The molecule has 3 aromatic rings. The van der Waals surface area contributed by atoms with Crippen molar-refractivity contribution in [3.63, 3.8) is 0 Å². The Morgan fingerprint density at radius 3 is 2.67 bits per heavy atom. The number of fused-ring (bicyclic) bond motifs is 2. The summed E-state index contributed by atoms with van der Waals surface area (Å²) in [4.78, 5) is 22.1. The van der Waals surface area contributed by atoms with Crippen molar-refractivity contribution in [3.8, 4) is 0 Å². The van der Waals surface area contributed by atoms with E-state index in [9.17, 15) is 4.79 Å². The zero-order valence-corrected chi connectivity index (χ0v) is 15.3. The molecule has 1 aliphatic carbocycles. The Balaban J connectivity index is 1.42. The highest BCUT2D eigenvalue weighted by molar-refractivity contribution is 5.92. The first-order valence-corrected chi connectivity index (χ1v) is 9.69. The van der Waals surface area contributed by atoms with Crippen molar-refractivity contribution in [2.24, 2.45) is 0 Å². The number of benzene rings is 1. The van der Waals surface area contributed by atoms with E-state index in [4.69, 9.17) is 0 Å². The number of H-pyrrole nitrogens is 1. The molecule has 1 atom stereocenters. The Morgan fingerprint density at radius 1 is 1.07 bits per heavy atom. The van der Waals surface area contributed by atoms with E-state index in [-0.39, 0.29) is 11.3 Å². The van der Waals surface area contributed by atoms with E-state index in [0.717, 1.165) is 32.4 Å². The van der Waals surface area contributed by atoms with Gasteiger partial charge in [-0.1, -0.05) is 30.3 Å². The van der Waals surface area contributed by atoms with Gasteiger partial charge in [0.25, 0.3) is 5.91 Å². The number of piperidine rings is 1. The Kier molecular flexibility index (Phi) is 3.85. The quantitative estimate of drug-likeness (QED) is 0.750. The second-order valence-corrected chi connectivity index (χ2v) is 7.79. The molecule has 1 fully saturated rings. The van der Waals surface area contributed by atoms with E-state index in [0.29, 0.717) is 11.6 Å². The Morgan fingerprint density at radius 2 is 1.93 bits per heavy atom. The van der Waals surface area contributed by atoms with E-state index in [1.807, 2.05) is 41.7 Å². The maximum atomic E-state index is 12.7. The summed E-state index contributed by atoms with van der Waals surface area (Å²) in [6.45, 7) is 1.62. The van der Waals surface area contributed by atoms with Gasteiger partial charge in [0.2, 0.25) is 0 Å². The van der Waals surface area contributed by atoms with Gasteiger partial charge in [-0.25, -0.2) is 0 Å². The molecule has 0 bridgehead atoms. The summed E-state index contributed by atoms with van der Waals surface area (Å²) in [6.07, 6.45) is 8.81. The Hall–Kier alpha value is -2.88. The lowest BCUT2D eigenvalue weighted by Gasteiger charge is -2.40. The molecule has 1 aliphatic heterocycles. The molecule has 2 aromatic heterocycles. The zero-order valence-electron chi connectivity index (χ0n) is 15.3. The highest BCUT2D eigenvalue weighted by Crippen LogP contribution is 2.53. The maximum absolute atomic E-state index is 12.7. The highest BCUT2D eigenvalue weighted by Gasteiger charge is 2.46. The molecule has 0 radical (unpaired) electrons. The van der Waals surface area contributed by atoms with Crippen LogP contribution in [0.3, 0.4) is 0 Å². The monoisotopic (exact) mass is 357 g/mol. The zero-order chi connectivity index (χ0) is 18.3. The number of nitrogens with one attached hydrogen (secondary N) is 1. The van der Waals surface area contributed by atoms with Gasteiger partial charge in [-0.05, 0) is 59.6 Å². The van der Waals surface area contributed by atoms with Crippen LogP contribution < -0.4 is 0 Å². The van der Waals surface area contributed by atoms with Crippen LogP contribution in [0.1, 0.15) is 52.4 Å². The smallest absolute Gasteiger partial charge is 0.270 e. The summed E-state index contributed by atoms with van der Waals surface area (Å²) in [5, 5.41) is 0. The third-order valence-electron chi connectivity index (χ3n) is 6.43. The molecule has 0 unspecified atom stereocenters. The van der Waals surface area contributed by atoms with Gasteiger partial charge >= 0.3 is 0 Å². The summed E-state index contributed by atoms with van der Waals surface area (Å²) in [7, 11) is 0. The molecule has 1 spiro atoms. The van der Waals surface area contributed by atoms with Crippen LogP contribution in [0.5, 0.6) is 0 Å². The minimum atomic E-state index is 0.116. The molecule has 1 saturated heterocycles. The van der Waals surface area contributed by atoms with Crippen molar-refractivity contribution in [3.05, 3.63) is 89.5 Å². The molecule has 27 heavy (non-hydrogen) atoms. The fourth-order valence-corrected chi connectivity index (χ4v) is 5.02. The highest BCUT2D eigenvalue weighted by atomic mass is 16.2. The van der Waals surface area contributed by atoms with Crippen LogP contribution in [0.15, 0.2) is 67.1 Å². The van der Waals surface area contributed by atoms with Crippen molar-refractivity contribution in [2.45, 2.75) is 30.6 Å². The fraction of sp³-hybridized carbons (Fsp3) is 0.304. The standard InChI is InChI=1S/C23H23N3O/c27-22(21-8-4-12-25-21)26-13-9-23(10-14-26)15-19(17-5-3-11-24-16-17)18-6-1-2-7-20(18)23/h1-8,11-12,16,19,25H,9-10,13-15H2/t19-/m0/s1. The minimum Gasteiger partial charge on any atom is -0.357 e. The number of carbonyl (C=O) groups is 1. The first kappa shape index (κ1) is 16.3. The minimum absolute atomic E-state index is 0.116. The molecule has 4 nitrogen and oxygen atoms in total. The van der Waals surface area contributed by atoms with Gasteiger partial charge in [0.1, 0.15) is 5.69 Å². The Bertz CT molecular complexity index is 941. The number of likely N-dealkylation sites (tertiary alicyclic amines) is 1. The molecule has 4 heteroatoms. The van der Waals surface area contributed by atoms with Crippen LogP contribution in [0, 0.1) is 0 Å². The molecule has 1 amide bonds. The number of hydrogen-bond donors (Lipinski definition) is 1. The third kappa shape index (κ3) is 2.67. The van der Waals surface area contributed by atoms with Gasteiger partial charge in [0.05, 0.1) is 0 Å². The second kappa shape index (κ2) is 6.38. The molecule has 1 aromatic carbocycles. The van der Waals surface area contributed by atoms with E-state index < -0.39 is 0 Å². The number of aromatic amines is 1. The van der Waals surface area contributed by atoms with Gasteiger partial charge in [0.15, 0.2) is 0 Å². The molecule has 0 saturated carbocycles. The van der Waals surface area contributed by atoms with Gasteiger partial charge in [-0.3, -0.25) is 9.78 Å². The molecule has 136 valence electrons. The predicted molar refractivity (Wildman–Crippen MR) is 105 cm³/mol. The first-order valence-electron chi connectivity index (χ1n) is 9.69. The number of rotatable bonds is 2. The number of pyridine rings is 1. The van der Waals surface area contributed by atoms with Crippen LogP contribution in [0.4, 0.5) is 0 Å². The van der Waals surface area contributed by atoms with Gasteiger partial charge in [-0.15, -0.1) is 0 Å². The van der Waals surface area contributed by atoms with Gasteiger partial charge in [-0.2, -0.15) is 0 Å². The lowest BCUT2D eigenvalue weighted by Crippen LogP contribution is -2.44. The summed E-state index contributed by atoms with van der Waals surface area (Å²) < 4.78 is 0. The molecule has 1 N–H and O–H groups in total. The second-order valence-electron chi connectivity index (χ2n) is 7.79. The largest absolute Gasteiger partial charge is 0.357 e. The summed E-state index contributed by atoms with van der Waals surface area (Å²) in [5.41, 5.74) is 5.07. The molecular weight excluding hydrogens is 334 g/mol. The average Bonchev–Trinajstić information content (AvgIpc) is 3.37. The SMILES string of the molecule is O=C(c1ccc[nH]1)N1CCC2(CC1)C[C@@H](c1cccnc1)c1ccccc12. The summed E-state index contributed by atoms with van der Waals surface area (Å²) in [6, 6.07) is 16.8. The van der Waals surface area contributed by atoms with Crippen LogP contribution >= 0.6 is 0 Å². The van der Waals surface area contributed by atoms with E-state index >= 15 is 0 Å².